The van der Waals surface area contributed by atoms with Gasteiger partial charge in [0.2, 0.25) is 18.3 Å². The summed E-state index contributed by atoms with van der Waals surface area (Å²) in [4.78, 5) is 12.6. The van der Waals surface area contributed by atoms with Crippen molar-refractivity contribution in [2.24, 2.45) is 0 Å². The Kier molecular flexibility index (Phi) is 15.1. The normalized spacial score (nSPS) is 32.6. The highest BCUT2D eigenvalue weighted by Gasteiger charge is 2.52. The van der Waals surface area contributed by atoms with Crippen LogP contribution in [0.5, 0.6) is 34.5 Å². The van der Waals surface area contributed by atoms with Gasteiger partial charge < -0.3 is 104 Å². The molecule has 4 heterocycles. The smallest absolute Gasteiger partial charge is 0.402 e. The van der Waals surface area contributed by atoms with Gasteiger partial charge in [0, 0.05) is 18.2 Å². The summed E-state index contributed by atoms with van der Waals surface area (Å²) in [6, 6.07) is 13.2. The number of phenols is 3. The van der Waals surface area contributed by atoms with Crippen molar-refractivity contribution in [2.45, 2.75) is 92.1 Å². The number of hydrogen-bond donors (Lipinski definition) is 13. The number of hydrogen-bond acceptors (Lipinski definition) is 22. The number of benzene rings is 3. The largest absolute Gasteiger partial charge is 0.508 e. The van der Waals surface area contributed by atoms with Crippen molar-refractivity contribution in [1.29, 1.82) is 0 Å². The Morgan fingerprint density at radius 3 is 1.91 bits per heavy atom. The van der Waals surface area contributed by atoms with Gasteiger partial charge >= 0.3 is 17.3 Å². The molecule has 3 aliphatic rings. The first-order valence-electron chi connectivity index (χ1n) is 20.3. The Hall–Kier alpha value is -5.48. The SMILES string of the molecule is COc1cc(/C=C/C(=O)OC[C@H]2O[C@@H](O[C@H]3[C@H](Oc4cc5c(O[C@@H]6O[C@H](CO)[C@@H](O)[C@H](O)[C@H]6O)cc(O)cc5[o+]c4-c4ccc(O)cc4)O[C@H](CO)[C@@H](O)[C@@H]3O)[C@H](O)[C@@H](O)[C@@H]2O)ccc1O. The summed E-state index contributed by atoms with van der Waals surface area (Å²) in [6.07, 6.45) is -24.7. The fraction of sp³-hybridized carbons (Fsp3) is 0.442. The van der Waals surface area contributed by atoms with Crippen molar-refractivity contribution in [2.75, 3.05) is 26.9 Å². The van der Waals surface area contributed by atoms with Gasteiger partial charge in [0.25, 0.3) is 0 Å². The van der Waals surface area contributed by atoms with Gasteiger partial charge in [-0.05, 0) is 48.0 Å². The number of phenolic OH excluding ortho intramolecular Hbond substituents is 3. The van der Waals surface area contributed by atoms with Gasteiger partial charge in [-0.2, -0.15) is 0 Å². The molecule has 0 unspecified atom stereocenters. The molecule has 3 aromatic carbocycles. The third-order valence-corrected chi connectivity index (χ3v) is 11.1. The van der Waals surface area contributed by atoms with Crippen LogP contribution in [0.15, 0.2) is 71.2 Å². The highest BCUT2D eigenvalue weighted by molar-refractivity contribution is 5.89. The standard InChI is InChI=1S/C43H48O23/c1-58-25-10-17(2-8-22(25)48)3-9-30(49)59-16-29-33(52)35(54)38(57)42(65-29)66-40-36(55)32(51)28(15-45)64-43(40)62-26-13-21-23(60-39(26)18-4-6-19(46)7-5-18)11-20(47)12-24(21)61-41-37(56)34(53)31(50)27(14-44)63-41/h2-13,27-29,31-38,40-45,50-57H,14-16H2,1H3,(H2-,46,47,48,49)/p+1/t27-,28-,29-,31-,32-,33-,34+,35+,36+,37-,38-,40-,41-,42+,43-/m1/s1. The third-order valence-electron chi connectivity index (χ3n) is 11.1. The van der Waals surface area contributed by atoms with E-state index in [4.69, 9.17) is 42.3 Å². The summed E-state index contributed by atoms with van der Waals surface area (Å²) in [7, 11) is 1.34. The van der Waals surface area contributed by atoms with Crippen molar-refractivity contribution < 1.29 is 113 Å². The Labute approximate surface area is 373 Å². The van der Waals surface area contributed by atoms with E-state index >= 15 is 0 Å². The van der Waals surface area contributed by atoms with E-state index < -0.39 is 124 Å². The molecule has 3 fully saturated rings. The van der Waals surface area contributed by atoms with E-state index in [9.17, 15) is 71.2 Å². The van der Waals surface area contributed by atoms with Gasteiger partial charge in [0.15, 0.2) is 23.9 Å². The number of carbonyl (C=O) groups excluding carboxylic acids is 1. The first-order valence-corrected chi connectivity index (χ1v) is 20.3. The fourth-order valence-electron chi connectivity index (χ4n) is 7.38. The van der Waals surface area contributed by atoms with Gasteiger partial charge in [0.05, 0.1) is 32.0 Å². The molecule has 0 amide bonds. The van der Waals surface area contributed by atoms with Gasteiger partial charge in [-0.15, -0.1) is 0 Å². The Morgan fingerprint density at radius 2 is 1.24 bits per heavy atom. The highest BCUT2D eigenvalue weighted by Crippen LogP contribution is 2.43. The minimum Gasteiger partial charge on any atom is -0.508 e. The monoisotopic (exact) mass is 933 g/mol. The van der Waals surface area contributed by atoms with E-state index in [1.54, 1.807) is 0 Å². The average molecular weight is 934 g/mol. The van der Waals surface area contributed by atoms with Crippen LogP contribution in [0.1, 0.15) is 5.56 Å². The Bertz CT molecular complexity index is 2330. The molecule has 23 nitrogen and oxygen atoms in total. The molecule has 3 aliphatic heterocycles. The van der Waals surface area contributed by atoms with Crippen LogP contribution in [-0.4, -0.2) is 191 Å². The summed E-state index contributed by atoms with van der Waals surface area (Å²) in [6.45, 7) is -2.35. The number of methoxy groups -OCH3 is 1. The molecule has 0 spiro atoms. The first kappa shape index (κ1) is 48.5. The van der Waals surface area contributed by atoms with E-state index in [1.165, 1.54) is 67.8 Å². The molecular weight excluding hydrogens is 884 g/mol. The number of aromatic hydroxyl groups is 3. The van der Waals surface area contributed by atoms with E-state index in [2.05, 4.69) is 0 Å². The number of carbonyl (C=O) groups is 1. The molecule has 3 saturated heterocycles. The maximum absolute atomic E-state index is 12.6. The zero-order chi connectivity index (χ0) is 47.6. The summed E-state index contributed by atoms with van der Waals surface area (Å²) in [5, 5.41) is 137. The lowest BCUT2D eigenvalue weighted by Gasteiger charge is -2.45. The van der Waals surface area contributed by atoms with Gasteiger partial charge in [-0.1, -0.05) is 6.07 Å². The van der Waals surface area contributed by atoms with E-state index in [0.717, 1.165) is 12.1 Å². The van der Waals surface area contributed by atoms with Crippen molar-refractivity contribution in [3.8, 4) is 45.8 Å². The summed E-state index contributed by atoms with van der Waals surface area (Å²) in [5.41, 5.74) is 0.585. The van der Waals surface area contributed by atoms with Crippen LogP contribution in [-0.2, 0) is 28.5 Å². The van der Waals surface area contributed by atoms with Crippen LogP contribution in [0, 0.1) is 0 Å². The molecule has 13 N–H and O–H groups in total. The zero-order valence-corrected chi connectivity index (χ0v) is 34.6. The Balaban J connectivity index is 1.18. The lowest BCUT2D eigenvalue weighted by molar-refractivity contribution is -0.358. The number of rotatable bonds is 14. The second kappa shape index (κ2) is 20.6. The summed E-state index contributed by atoms with van der Waals surface area (Å²) < 4.78 is 51.6. The predicted octanol–water partition coefficient (Wildman–Crippen LogP) is -2.05. The predicted molar refractivity (Wildman–Crippen MR) is 218 cm³/mol. The first-order chi connectivity index (χ1) is 31.5. The van der Waals surface area contributed by atoms with E-state index in [0.29, 0.717) is 5.56 Å². The maximum Gasteiger partial charge on any atom is 0.402 e. The molecule has 7 rings (SSSR count). The number of esters is 1. The molecule has 66 heavy (non-hydrogen) atoms. The van der Waals surface area contributed by atoms with Crippen LogP contribution < -0.4 is 14.2 Å². The van der Waals surface area contributed by atoms with Gasteiger partial charge in [-0.25, -0.2) is 9.21 Å². The third kappa shape index (κ3) is 10.2. The minimum atomic E-state index is -2.05. The lowest BCUT2D eigenvalue weighted by Crippen LogP contribution is -2.65. The fourth-order valence-corrected chi connectivity index (χ4v) is 7.38. The van der Waals surface area contributed by atoms with Crippen LogP contribution in [0.3, 0.4) is 0 Å². The molecular formula is C43H49O23+. The van der Waals surface area contributed by atoms with Crippen molar-refractivity contribution in [1.82, 2.24) is 0 Å². The molecule has 358 valence electrons. The lowest BCUT2D eigenvalue weighted by atomic mass is 9.97. The second-order valence-corrected chi connectivity index (χ2v) is 15.5. The topological polar surface area (TPSA) is 365 Å². The molecule has 0 bridgehead atoms. The molecule has 0 aliphatic carbocycles. The Morgan fingerprint density at radius 1 is 0.636 bits per heavy atom. The van der Waals surface area contributed by atoms with Gasteiger partial charge in [-0.3, -0.25) is 0 Å². The molecule has 23 heteroatoms. The van der Waals surface area contributed by atoms with Crippen molar-refractivity contribution in [3.05, 3.63) is 72.3 Å². The zero-order valence-electron chi connectivity index (χ0n) is 34.6. The van der Waals surface area contributed by atoms with Gasteiger partial charge in [0.1, 0.15) is 96.4 Å². The van der Waals surface area contributed by atoms with Crippen LogP contribution in [0.25, 0.3) is 28.4 Å². The molecule has 15 atom stereocenters. The van der Waals surface area contributed by atoms with E-state index in [-0.39, 0.29) is 51.0 Å². The van der Waals surface area contributed by atoms with Crippen LogP contribution in [0.2, 0.25) is 0 Å². The van der Waals surface area contributed by atoms with Crippen LogP contribution >= 0.6 is 0 Å². The minimum absolute atomic E-state index is 0.0203. The van der Waals surface area contributed by atoms with Crippen LogP contribution in [0.4, 0.5) is 0 Å². The highest BCUT2D eigenvalue weighted by atomic mass is 16.8. The molecule has 4 aromatic rings. The van der Waals surface area contributed by atoms with E-state index in [1.807, 2.05) is 0 Å². The molecule has 1 aromatic heterocycles. The number of ether oxygens (including phenoxy) is 8. The quantitative estimate of drug-likeness (QED) is 0.0368. The molecule has 0 saturated carbocycles. The van der Waals surface area contributed by atoms with Crippen molar-refractivity contribution in [3.63, 3.8) is 0 Å². The number of aliphatic hydroxyl groups excluding tert-OH is 10. The maximum atomic E-state index is 12.6. The second-order valence-electron chi connectivity index (χ2n) is 15.5. The number of fused-ring (bicyclic) bond motifs is 1. The number of aliphatic hydroxyl groups is 10. The summed E-state index contributed by atoms with van der Waals surface area (Å²) >= 11 is 0. The molecule has 0 radical (unpaired) electrons. The average Bonchev–Trinajstić information content (AvgIpc) is 3.30. The summed E-state index contributed by atoms with van der Waals surface area (Å²) in [5.74, 6) is -2.17. The van der Waals surface area contributed by atoms with Crippen molar-refractivity contribution >= 4 is 23.0 Å².